The molecular weight excluding hydrogens is 104 g/mol. The van der Waals surface area contributed by atoms with Gasteiger partial charge in [-0.1, -0.05) is 0 Å². The number of hydroxylamine groups is 2. The third kappa shape index (κ3) is 2.07. The first-order valence-electron chi connectivity index (χ1n) is 2.58. The first-order valence-corrected chi connectivity index (χ1v) is 2.58. The Morgan fingerprint density at radius 3 is 2.38 bits per heavy atom. The van der Waals surface area contributed by atoms with Crippen molar-refractivity contribution in [2.24, 2.45) is 5.73 Å². The molecule has 0 amide bonds. The molecule has 0 aromatic carbocycles. The summed E-state index contributed by atoms with van der Waals surface area (Å²) in [5, 5.41) is 10.5. The Labute approximate surface area is 49.4 Å². The predicted octanol–water partition coefficient (Wildman–Crippen LogP) is -1.14. The third-order valence-corrected chi connectivity index (χ3v) is 1.02. The van der Waals surface area contributed by atoms with Crippen LogP contribution < -0.4 is 10.8 Å². The summed E-state index contributed by atoms with van der Waals surface area (Å²) in [6.45, 7) is 2.16. The van der Waals surface area contributed by atoms with Gasteiger partial charge in [-0.2, -0.15) is 0 Å². The fourth-order valence-corrected chi connectivity index (χ4v) is 0.465. The third-order valence-electron chi connectivity index (χ3n) is 1.02. The van der Waals surface area contributed by atoms with Crippen LogP contribution in [-0.4, -0.2) is 13.6 Å². The van der Waals surface area contributed by atoms with E-state index in [4.69, 9.17) is 5.73 Å². The molecule has 1 unspecified atom stereocenters. The number of rotatable bonds is 2. The monoisotopic (exact) mass is 116 g/mol. The van der Waals surface area contributed by atoms with Crippen LogP contribution in [0.25, 0.3) is 0 Å². The average molecular weight is 116 g/mol. The number of hydrogen-bond donors (Lipinski definition) is 2. The highest BCUT2D eigenvalue weighted by molar-refractivity contribution is 4.88. The minimum Gasteiger partial charge on any atom is -0.629 e. The van der Waals surface area contributed by atoms with Gasteiger partial charge in [0.05, 0.1) is 13.6 Å². The number of nitrogens with two attached hydrogens (primary N) is 1. The minimum absolute atomic E-state index is 0.0648. The largest absolute Gasteiger partial charge is 0.629 e. The van der Waals surface area contributed by atoms with E-state index in [1.54, 1.807) is 6.08 Å². The van der Waals surface area contributed by atoms with E-state index >= 15 is 0 Å². The molecule has 0 heterocycles. The lowest BCUT2D eigenvalue weighted by atomic mass is 10.4. The quantitative estimate of drug-likeness (QED) is 0.448. The molecule has 1 atom stereocenters. The topological polar surface area (TPSA) is 53.5 Å². The number of quaternary nitrogens is 1. The molecule has 0 saturated carbocycles. The lowest BCUT2D eigenvalue weighted by Crippen LogP contribution is -3.02. The minimum atomic E-state index is 0.0648. The Hall–Kier alpha value is -0.380. The van der Waals surface area contributed by atoms with Crippen molar-refractivity contribution in [3.05, 3.63) is 17.0 Å². The second-order valence-corrected chi connectivity index (χ2v) is 1.57. The van der Waals surface area contributed by atoms with E-state index in [2.05, 4.69) is 0 Å². The zero-order valence-electron chi connectivity index (χ0n) is 5.27. The molecule has 3 N–H and O–H groups in total. The van der Waals surface area contributed by atoms with Crippen LogP contribution in [0.2, 0.25) is 0 Å². The maximum Gasteiger partial charge on any atom is 0.116 e. The van der Waals surface area contributed by atoms with E-state index in [0.717, 1.165) is 0 Å². The van der Waals surface area contributed by atoms with Crippen molar-refractivity contribution in [1.82, 2.24) is 0 Å². The van der Waals surface area contributed by atoms with Crippen LogP contribution in [0.15, 0.2) is 11.8 Å². The molecule has 3 heteroatoms. The maximum absolute atomic E-state index is 10.5. The van der Waals surface area contributed by atoms with Crippen molar-refractivity contribution in [1.29, 1.82) is 0 Å². The SMILES string of the molecule is C/C=C(\CN)[NH+](C)[O-]. The number of allylic oxidation sites excluding steroid dienone is 1. The smallest absolute Gasteiger partial charge is 0.116 e. The first-order chi connectivity index (χ1) is 3.72. The molecule has 8 heavy (non-hydrogen) atoms. The summed E-state index contributed by atoms with van der Waals surface area (Å²) in [6, 6.07) is 0. The summed E-state index contributed by atoms with van der Waals surface area (Å²) in [7, 11) is 1.52. The van der Waals surface area contributed by atoms with Gasteiger partial charge in [-0.05, 0) is 13.0 Å². The summed E-state index contributed by atoms with van der Waals surface area (Å²) >= 11 is 0. The van der Waals surface area contributed by atoms with Gasteiger partial charge in [0, 0.05) is 0 Å². The summed E-state index contributed by atoms with van der Waals surface area (Å²) in [5.74, 6) is 0. The van der Waals surface area contributed by atoms with Crippen LogP contribution >= 0.6 is 0 Å². The maximum atomic E-state index is 10.5. The van der Waals surface area contributed by atoms with Crippen molar-refractivity contribution in [3.8, 4) is 0 Å². The molecule has 0 bridgehead atoms. The molecule has 0 aromatic heterocycles. The molecule has 0 fully saturated rings. The molecule has 0 aliphatic heterocycles. The van der Waals surface area contributed by atoms with Crippen molar-refractivity contribution in [3.63, 3.8) is 0 Å². The van der Waals surface area contributed by atoms with Crippen LogP contribution in [0.4, 0.5) is 0 Å². The standard InChI is InChI=1S/C5H12N2O/c1-3-5(4-6)7(2)8/h3,7H,4,6H2,1-2H3/b5-3+. The molecule has 0 spiro atoms. The summed E-state index contributed by atoms with van der Waals surface area (Å²) < 4.78 is 0. The second kappa shape index (κ2) is 3.60. The van der Waals surface area contributed by atoms with Gasteiger partial charge in [0.25, 0.3) is 0 Å². The van der Waals surface area contributed by atoms with Crippen LogP contribution in [0.5, 0.6) is 0 Å². The fourth-order valence-electron chi connectivity index (χ4n) is 0.465. The lowest BCUT2D eigenvalue weighted by molar-refractivity contribution is -0.782. The highest BCUT2D eigenvalue weighted by atomic mass is 16.5. The van der Waals surface area contributed by atoms with E-state index in [1.807, 2.05) is 6.92 Å². The zero-order chi connectivity index (χ0) is 6.57. The average Bonchev–Trinajstić information content (AvgIpc) is 1.69. The fraction of sp³-hybridized carbons (Fsp3) is 0.600. The van der Waals surface area contributed by atoms with Crippen LogP contribution in [0, 0.1) is 5.21 Å². The van der Waals surface area contributed by atoms with E-state index in [9.17, 15) is 5.21 Å². The molecule has 3 nitrogen and oxygen atoms in total. The van der Waals surface area contributed by atoms with Gasteiger partial charge >= 0.3 is 0 Å². The highest BCUT2D eigenvalue weighted by Gasteiger charge is 1.93. The second-order valence-electron chi connectivity index (χ2n) is 1.57. The molecule has 0 radical (unpaired) electrons. The van der Waals surface area contributed by atoms with E-state index < -0.39 is 0 Å². The van der Waals surface area contributed by atoms with Gasteiger partial charge in [0.2, 0.25) is 0 Å². The van der Waals surface area contributed by atoms with Crippen molar-refractivity contribution in [2.45, 2.75) is 6.92 Å². The summed E-state index contributed by atoms with van der Waals surface area (Å²) in [5.41, 5.74) is 5.89. The van der Waals surface area contributed by atoms with Gasteiger partial charge in [0.1, 0.15) is 5.70 Å². The molecule has 0 aromatic rings. The molecule has 0 aliphatic rings. The van der Waals surface area contributed by atoms with Crippen molar-refractivity contribution >= 4 is 0 Å². The highest BCUT2D eigenvalue weighted by Crippen LogP contribution is 1.73. The van der Waals surface area contributed by atoms with E-state index in [0.29, 0.717) is 12.2 Å². The van der Waals surface area contributed by atoms with Gasteiger partial charge < -0.3 is 16.0 Å². The first kappa shape index (κ1) is 7.62. The molecule has 0 saturated heterocycles. The van der Waals surface area contributed by atoms with Crippen LogP contribution in [0.1, 0.15) is 6.92 Å². The van der Waals surface area contributed by atoms with Crippen molar-refractivity contribution in [2.75, 3.05) is 13.6 Å². The lowest BCUT2D eigenvalue weighted by Gasteiger charge is -2.16. The van der Waals surface area contributed by atoms with E-state index in [1.165, 1.54) is 7.05 Å². The number of hydrogen-bond acceptors (Lipinski definition) is 2. The number of likely N-dealkylation sites (N-methyl/N-ethyl adjacent to an activating group) is 1. The molecule has 48 valence electrons. The summed E-state index contributed by atoms with van der Waals surface area (Å²) in [4.78, 5) is 0. The normalized spacial score (nSPS) is 16.2. The van der Waals surface area contributed by atoms with E-state index in [-0.39, 0.29) is 5.06 Å². The van der Waals surface area contributed by atoms with Gasteiger partial charge in [0.15, 0.2) is 0 Å². The Kier molecular flexibility index (Phi) is 3.43. The molecule has 0 rings (SSSR count). The Morgan fingerprint density at radius 2 is 2.38 bits per heavy atom. The number of nitrogens with one attached hydrogen (secondary N) is 1. The van der Waals surface area contributed by atoms with Gasteiger partial charge in [-0.25, -0.2) is 0 Å². The zero-order valence-corrected chi connectivity index (χ0v) is 5.27. The van der Waals surface area contributed by atoms with Crippen LogP contribution in [0.3, 0.4) is 0 Å². The molecular formula is C5H12N2O. The Morgan fingerprint density at radius 1 is 1.88 bits per heavy atom. The van der Waals surface area contributed by atoms with Crippen LogP contribution in [-0.2, 0) is 0 Å². The predicted molar refractivity (Wildman–Crippen MR) is 33.1 cm³/mol. The van der Waals surface area contributed by atoms with Gasteiger partial charge in [-0.3, -0.25) is 0 Å². The Bertz CT molecular complexity index is 88.4. The van der Waals surface area contributed by atoms with Gasteiger partial charge in [-0.15, -0.1) is 0 Å². The molecule has 0 aliphatic carbocycles. The summed E-state index contributed by atoms with van der Waals surface area (Å²) in [6.07, 6.45) is 1.74. The Balaban J connectivity index is 3.72. The van der Waals surface area contributed by atoms with Crippen molar-refractivity contribution < 1.29 is 5.06 Å².